The number of sulfonamides is 1. The number of benzene rings is 2. The number of likely N-dealkylation sites (N-methyl/N-ethyl adjacent to an activating group) is 1. The van der Waals surface area contributed by atoms with Gasteiger partial charge < -0.3 is 14.4 Å². The lowest BCUT2D eigenvalue weighted by molar-refractivity contribution is 0.217. The molecule has 0 aliphatic heterocycles. The molecule has 31 heavy (non-hydrogen) atoms. The van der Waals surface area contributed by atoms with E-state index in [4.69, 9.17) is 21.1 Å². The average Bonchev–Trinajstić information content (AvgIpc) is 2.76. The van der Waals surface area contributed by atoms with E-state index in [2.05, 4.69) is 33.4 Å². The molecule has 0 fully saturated rings. The minimum absolute atomic E-state index is 0.0354. The first kappa shape index (κ1) is 23.1. The number of ether oxygens (including phenoxy) is 2. The average molecular weight is 465 g/mol. The van der Waals surface area contributed by atoms with Crippen molar-refractivity contribution in [3.05, 3.63) is 47.7 Å². The fraction of sp³-hybridized carbons (Fsp3) is 0.333. The first-order valence-electron chi connectivity index (χ1n) is 9.84. The van der Waals surface area contributed by atoms with Crippen molar-refractivity contribution in [3.63, 3.8) is 0 Å². The number of nitrogens with zero attached hydrogens (tertiary/aromatic N) is 3. The van der Waals surface area contributed by atoms with Crippen molar-refractivity contribution >= 4 is 38.3 Å². The third kappa shape index (κ3) is 5.36. The summed E-state index contributed by atoms with van der Waals surface area (Å²) in [5.41, 5.74) is 0.519. The van der Waals surface area contributed by atoms with Gasteiger partial charge in [0, 0.05) is 18.0 Å². The molecule has 166 valence electrons. The van der Waals surface area contributed by atoms with Gasteiger partial charge in [-0.2, -0.15) is 0 Å². The Morgan fingerprint density at radius 3 is 2.52 bits per heavy atom. The summed E-state index contributed by atoms with van der Waals surface area (Å²) in [6.07, 6.45) is 1.29. The predicted octanol–water partition coefficient (Wildman–Crippen LogP) is 3.81. The number of hydrogen-bond donors (Lipinski definition) is 1. The molecule has 0 unspecified atom stereocenters. The molecule has 1 N–H and O–H groups in total. The molecule has 0 saturated heterocycles. The molecule has 0 aliphatic rings. The van der Waals surface area contributed by atoms with Crippen LogP contribution in [0.5, 0.6) is 11.5 Å². The van der Waals surface area contributed by atoms with Crippen molar-refractivity contribution < 1.29 is 17.9 Å². The molecule has 8 nitrogen and oxygen atoms in total. The number of halogens is 1. The van der Waals surface area contributed by atoms with Gasteiger partial charge in [0.2, 0.25) is 0 Å². The normalized spacial score (nSPS) is 11.6. The molecule has 1 heterocycles. The summed E-state index contributed by atoms with van der Waals surface area (Å²) >= 11 is 6.06. The molecule has 3 aromatic rings. The Morgan fingerprint density at radius 1 is 1.10 bits per heavy atom. The standard InChI is InChI=1S/C21H25ClN4O4S/c1-4-26(5-2)10-11-30-19-13-17-15(12-18(19)29-3)21(24-14-23-17)25-31(27,28)20-9-7-6-8-16(20)22/h6-9,12-14H,4-5,10-11H2,1-3H3,(H,23,24,25). The maximum atomic E-state index is 12.8. The highest BCUT2D eigenvalue weighted by Gasteiger charge is 2.20. The Kier molecular flexibility index (Phi) is 7.53. The van der Waals surface area contributed by atoms with E-state index in [-0.39, 0.29) is 15.7 Å². The summed E-state index contributed by atoms with van der Waals surface area (Å²) in [6, 6.07) is 9.57. The second-order valence-electron chi connectivity index (χ2n) is 6.65. The Hall–Kier alpha value is -2.62. The fourth-order valence-corrected chi connectivity index (χ4v) is 4.64. The van der Waals surface area contributed by atoms with Crippen LogP contribution in [0.15, 0.2) is 47.6 Å². The van der Waals surface area contributed by atoms with E-state index in [0.717, 1.165) is 19.6 Å². The van der Waals surface area contributed by atoms with Crippen LogP contribution in [0, 0.1) is 0 Å². The first-order valence-corrected chi connectivity index (χ1v) is 11.7. The molecular weight excluding hydrogens is 440 g/mol. The molecule has 0 spiro atoms. The van der Waals surface area contributed by atoms with Gasteiger partial charge >= 0.3 is 0 Å². The maximum absolute atomic E-state index is 12.8. The predicted molar refractivity (Wildman–Crippen MR) is 122 cm³/mol. The summed E-state index contributed by atoms with van der Waals surface area (Å²) in [5.74, 6) is 1.11. The zero-order valence-corrected chi connectivity index (χ0v) is 19.2. The van der Waals surface area contributed by atoms with Crippen LogP contribution in [0.3, 0.4) is 0 Å². The van der Waals surface area contributed by atoms with Crippen molar-refractivity contribution in [2.75, 3.05) is 38.1 Å². The Bertz CT molecular complexity index is 1150. The number of nitrogens with one attached hydrogen (secondary N) is 1. The summed E-state index contributed by atoms with van der Waals surface area (Å²) in [4.78, 5) is 10.6. The summed E-state index contributed by atoms with van der Waals surface area (Å²) in [5, 5.41) is 0.598. The number of fused-ring (bicyclic) bond motifs is 1. The van der Waals surface area contributed by atoms with E-state index < -0.39 is 10.0 Å². The lowest BCUT2D eigenvalue weighted by atomic mass is 10.2. The number of hydrogen-bond acceptors (Lipinski definition) is 7. The molecule has 3 rings (SSSR count). The van der Waals surface area contributed by atoms with Gasteiger partial charge in [-0.1, -0.05) is 37.6 Å². The third-order valence-corrected chi connectivity index (χ3v) is 6.68. The van der Waals surface area contributed by atoms with Crippen molar-refractivity contribution in [2.24, 2.45) is 0 Å². The Labute approximate surface area is 187 Å². The summed E-state index contributed by atoms with van der Waals surface area (Å²) in [6.45, 7) is 7.35. The van der Waals surface area contributed by atoms with E-state index in [1.54, 1.807) is 24.3 Å². The molecule has 0 amide bonds. The minimum Gasteiger partial charge on any atom is -0.493 e. The lowest BCUT2D eigenvalue weighted by Crippen LogP contribution is -2.27. The number of aromatic nitrogens is 2. The molecule has 0 bridgehead atoms. The van der Waals surface area contributed by atoms with Gasteiger partial charge in [0.15, 0.2) is 17.3 Å². The monoisotopic (exact) mass is 464 g/mol. The van der Waals surface area contributed by atoms with Gasteiger partial charge in [-0.05, 0) is 31.3 Å². The molecule has 1 aromatic heterocycles. The van der Waals surface area contributed by atoms with Crippen LogP contribution >= 0.6 is 11.6 Å². The van der Waals surface area contributed by atoms with Crippen LogP contribution in [0.25, 0.3) is 10.9 Å². The van der Waals surface area contributed by atoms with Crippen LogP contribution in [0.2, 0.25) is 5.02 Å². The number of rotatable bonds is 10. The van der Waals surface area contributed by atoms with E-state index in [9.17, 15) is 8.42 Å². The number of anilines is 1. The summed E-state index contributed by atoms with van der Waals surface area (Å²) in [7, 11) is -2.42. The van der Waals surface area contributed by atoms with Crippen molar-refractivity contribution in [2.45, 2.75) is 18.7 Å². The SMILES string of the molecule is CCN(CC)CCOc1cc2ncnc(NS(=O)(=O)c3ccccc3Cl)c2cc1OC. The molecule has 0 aliphatic carbocycles. The zero-order valence-electron chi connectivity index (χ0n) is 17.6. The topological polar surface area (TPSA) is 93.6 Å². The van der Waals surface area contributed by atoms with E-state index in [1.807, 2.05) is 0 Å². The van der Waals surface area contributed by atoms with Gasteiger partial charge in [-0.25, -0.2) is 18.4 Å². The highest BCUT2D eigenvalue weighted by molar-refractivity contribution is 7.92. The Balaban J connectivity index is 1.92. The molecule has 0 saturated carbocycles. The van der Waals surface area contributed by atoms with Crippen molar-refractivity contribution in [3.8, 4) is 11.5 Å². The fourth-order valence-electron chi connectivity index (χ4n) is 3.09. The van der Waals surface area contributed by atoms with E-state index in [0.29, 0.717) is 29.0 Å². The second kappa shape index (κ2) is 10.1. The second-order valence-corrected chi connectivity index (χ2v) is 8.71. The van der Waals surface area contributed by atoms with Gasteiger partial charge in [-0.15, -0.1) is 0 Å². The van der Waals surface area contributed by atoms with Crippen LogP contribution < -0.4 is 14.2 Å². The van der Waals surface area contributed by atoms with E-state index in [1.165, 1.54) is 25.6 Å². The van der Waals surface area contributed by atoms with Gasteiger partial charge in [0.05, 0.1) is 17.6 Å². The maximum Gasteiger partial charge on any atom is 0.264 e. The van der Waals surface area contributed by atoms with Gasteiger partial charge in [-0.3, -0.25) is 4.72 Å². The summed E-state index contributed by atoms with van der Waals surface area (Å²) < 4.78 is 39.5. The van der Waals surface area contributed by atoms with Gasteiger partial charge in [0.1, 0.15) is 17.8 Å². The molecular formula is C21H25ClN4O4S. The molecule has 2 aromatic carbocycles. The van der Waals surface area contributed by atoms with Crippen molar-refractivity contribution in [1.82, 2.24) is 14.9 Å². The lowest BCUT2D eigenvalue weighted by Gasteiger charge is -2.19. The molecule has 10 heteroatoms. The van der Waals surface area contributed by atoms with Crippen LogP contribution in [-0.2, 0) is 10.0 Å². The van der Waals surface area contributed by atoms with E-state index >= 15 is 0 Å². The Morgan fingerprint density at radius 2 is 1.84 bits per heavy atom. The molecule has 0 atom stereocenters. The zero-order chi connectivity index (χ0) is 22.4. The smallest absolute Gasteiger partial charge is 0.264 e. The highest BCUT2D eigenvalue weighted by Crippen LogP contribution is 2.34. The minimum atomic E-state index is -3.94. The molecule has 0 radical (unpaired) electrons. The number of methoxy groups -OCH3 is 1. The largest absolute Gasteiger partial charge is 0.493 e. The van der Waals surface area contributed by atoms with Crippen molar-refractivity contribution in [1.29, 1.82) is 0 Å². The quantitative estimate of drug-likeness (QED) is 0.487. The van der Waals surface area contributed by atoms with Crippen LogP contribution in [0.4, 0.5) is 5.82 Å². The third-order valence-electron chi connectivity index (χ3n) is 4.84. The van der Waals surface area contributed by atoms with Crippen LogP contribution in [0.1, 0.15) is 13.8 Å². The highest BCUT2D eigenvalue weighted by atomic mass is 35.5. The van der Waals surface area contributed by atoms with Crippen LogP contribution in [-0.4, -0.2) is 56.6 Å². The first-order chi connectivity index (χ1) is 14.9. The van der Waals surface area contributed by atoms with Gasteiger partial charge in [0.25, 0.3) is 10.0 Å².